The van der Waals surface area contributed by atoms with E-state index in [1.807, 2.05) is 31.2 Å². The summed E-state index contributed by atoms with van der Waals surface area (Å²) >= 11 is 0. The molecule has 1 atom stereocenters. The van der Waals surface area contributed by atoms with E-state index in [4.69, 9.17) is 4.74 Å². The van der Waals surface area contributed by atoms with Gasteiger partial charge in [0.05, 0.1) is 12.2 Å². The Kier molecular flexibility index (Phi) is 6.71. The number of hydrogen-bond donors (Lipinski definition) is 1. The molecule has 1 N–H and O–H groups in total. The quantitative estimate of drug-likeness (QED) is 0.789. The molecule has 1 fully saturated rings. The highest BCUT2D eigenvalue weighted by atomic mass is 16.5. The molecule has 124 valence electrons. The molecule has 0 amide bonds. The number of rotatable bonds is 8. The van der Waals surface area contributed by atoms with Gasteiger partial charge < -0.3 is 14.7 Å². The highest BCUT2D eigenvalue weighted by Crippen LogP contribution is 2.32. The molecule has 0 aliphatic carbocycles. The minimum atomic E-state index is -0.711. The fourth-order valence-electron chi connectivity index (χ4n) is 3.38. The van der Waals surface area contributed by atoms with Crippen LogP contribution in [0.5, 0.6) is 5.75 Å². The predicted octanol–water partition coefficient (Wildman–Crippen LogP) is 3.95. The molecule has 0 radical (unpaired) electrons. The molecule has 1 aliphatic rings. The third-order valence-corrected chi connectivity index (χ3v) is 4.66. The van der Waals surface area contributed by atoms with Gasteiger partial charge in [-0.2, -0.15) is 0 Å². The Morgan fingerprint density at radius 3 is 2.32 bits per heavy atom. The first kappa shape index (κ1) is 17.3. The second-order valence-electron chi connectivity index (χ2n) is 6.39. The Balaban J connectivity index is 2.01. The summed E-state index contributed by atoms with van der Waals surface area (Å²) in [6.45, 7) is 8.16. The van der Waals surface area contributed by atoms with Gasteiger partial charge in [-0.3, -0.25) is 0 Å². The fraction of sp³-hybridized carbons (Fsp3) is 0.684. The fourth-order valence-corrected chi connectivity index (χ4v) is 3.38. The zero-order valence-corrected chi connectivity index (χ0v) is 14.2. The van der Waals surface area contributed by atoms with Crippen molar-refractivity contribution in [2.45, 2.75) is 58.0 Å². The minimum Gasteiger partial charge on any atom is -0.494 e. The maximum Gasteiger partial charge on any atom is 0.119 e. The highest BCUT2D eigenvalue weighted by Gasteiger charge is 2.29. The summed E-state index contributed by atoms with van der Waals surface area (Å²) in [7, 11) is 0. The zero-order valence-electron chi connectivity index (χ0n) is 14.2. The third-order valence-electron chi connectivity index (χ3n) is 4.66. The lowest BCUT2D eigenvalue weighted by atomic mass is 9.86. The molecule has 3 heteroatoms. The van der Waals surface area contributed by atoms with E-state index in [-0.39, 0.29) is 0 Å². The topological polar surface area (TPSA) is 32.7 Å². The van der Waals surface area contributed by atoms with Crippen LogP contribution >= 0.6 is 0 Å². The lowest BCUT2D eigenvalue weighted by molar-refractivity contribution is 0.00642. The van der Waals surface area contributed by atoms with Gasteiger partial charge >= 0.3 is 0 Å². The van der Waals surface area contributed by atoms with E-state index in [2.05, 4.69) is 11.8 Å². The Bertz CT molecular complexity index is 426. The van der Waals surface area contributed by atoms with E-state index >= 15 is 0 Å². The van der Waals surface area contributed by atoms with Gasteiger partial charge in [0.1, 0.15) is 5.75 Å². The van der Waals surface area contributed by atoms with Gasteiger partial charge in [0, 0.05) is 6.54 Å². The SMILES string of the molecule is CCC[C@@](O)(CCN1CCCCC1)c1ccc(OCC)cc1. The molecule has 2 rings (SSSR count). The molecule has 3 nitrogen and oxygen atoms in total. The lowest BCUT2D eigenvalue weighted by Gasteiger charge is -2.33. The molecule has 1 aromatic rings. The molecule has 0 unspecified atom stereocenters. The van der Waals surface area contributed by atoms with Crippen molar-refractivity contribution in [3.63, 3.8) is 0 Å². The molecule has 1 aliphatic heterocycles. The zero-order chi connectivity index (χ0) is 15.8. The third kappa shape index (κ3) is 4.72. The maximum absolute atomic E-state index is 11.2. The second-order valence-corrected chi connectivity index (χ2v) is 6.39. The van der Waals surface area contributed by atoms with Crippen LogP contribution < -0.4 is 4.74 Å². The van der Waals surface area contributed by atoms with Crippen molar-refractivity contribution < 1.29 is 9.84 Å². The smallest absolute Gasteiger partial charge is 0.119 e. The van der Waals surface area contributed by atoms with Crippen molar-refractivity contribution in [3.05, 3.63) is 29.8 Å². The van der Waals surface area contributed by atoms with Crippen LogP contribution in [0.15, 0.2) is 24.3 Å². The number of benzene rings is 1. The first-order valence-corrected chi connectivity index (χ1v) is 8.86. The summed E-state index contributed by atoms with van der Waals surface area (Å²) in [6, 6.07) is 7.99. The molecular weight excluding hydrogens is 274 g/mol. The van der Waals surface area contributed by atoms with Gasteiger partial charge in [-0.15, -0.1) is 0 Å². The maximum atomic E-state index is 11.2. The molecule has 0 saturated carbocycles. The lowest BCUT2D eigenvalue weighted by Crippen LogP contribution is -2.36. The first-order chi connectivity index (χ1) is 10.7. The van der Waals surface area contributed by atoms with E-state index in [1.165, 1.54) is 32.4 Å². The van der Waals surface area contributed by atoms with Crippen molar-refractivity contribution in [1.29, 1.82) is 0 Å². The summed E-state index contributed by atoms with van der Waals surface area (Å²) in [4.78, 5) is 2.50. The van der Waals surface area contributed by atoms with E-state index < -0.39 is 5.60 Å². The Labute approximate surface area is 135 Å². The van der Waals surface area contributed by atoms with Crippen LogP contribution in [-0.4, -0.2) is 36.2 Å². The molecular formula is C19H31NO2. The average molecular weight is 305 g/mol. The van der Waals surface area contributed by atoms with Crippen molar-refractivity contribution >= 4 is 0 Å². The van der Waals surface area contributed by atoms with Crippen molar-refractivity contribution in [1.82, 2.24) is 4.90 Å². The first-order valence-electron chi connectivity index (χ1n) is 8.86. The highest BCUT2D eigenvalue weighted by molar-refractivity contribution is 5.31. The number of nitrogens with zero attached hydrogens (tertiary/aromatic N) is 1. The van der Waals surface area contributed by atoms with E-state index in [1.54, 1.807) is 0 Å². The molecule has 1 saturated heterocycles. The number of piperidine rings is 1. The summed E-state index contributed by atoms with van der Waals surface area (Å²) in [5, 5.41) is 11.2. The molecule has 22 heavy (non-hydrogen) atoms. The van der Waals surface area contributed by atoms with Crippen LogP contribution in [0, 0.1) is 0 Å². The normalized spacial score (nSPS) is 18.9. The summed E-state index contributed by atoms with van der Waals surface area (Å²) in [5.74, 6) is 0.876. The summed E-state index contributed by atoms with van der Waals surface area (Å²) in [5.41, 5.74) is 0.312. The summed E-state index contributed by atoms with van der Waals surface area (Å²) in [6.07, 6.45) is 6.58. The Hall–Kier alpha value is -1.06. The molecule has 0 bridgehead atoms. The molecule has 1 heterocycles. The number of aliphatic hydroxyl groups is 1. The van der Waals surface area contributed by atoms with Crippen LogP contribution in [0.2, 0.25) is 0 Å². The molecule has 0 spiro atoms. The summed E-state index contributed by atoms with van der Waals surface area (Å²) < 4.78 is 5.50. The number of ether oxygens (including phenoxy) is 1. The standard InChI is InChI=1S/C19H31NO2/c1-3-12-19(21,13-16-20-14-6-5-7-15-20)17-8-10-18(11-9-17)22-4-2/h8-11,21H,3-7,12-16H2,1-2H3/t19-/m1/s1. The van der Waals surface area contributed by atoms with Gasteiger partial charge in [-0.05, 0) is 63.4 Å². The monoisotopic (exact) mass is 305 g/mol. The molecule has 0 aromatic heterocycles. The number of likely N-dealkylation sites (tertiary alicyclic amines) is 1. The van der Waals surface area contributed by atoms with E-state index in [0.717, 1.165) is 37.1 Å². The van der Waals surface area contributed by atoms with Crippen LogP contribution in [0.25, 0.3) is 0 Å². The number of hydrogen-bond acceptors (Lipinski definition) is 3. The second kappa shape index (κ2) is 8.54. The Morgan fingerprint density at radius 1 is 1.05 bits per heavy atom. The largest absolute Gasteiger partial charge is 0.494 e. The van der Waals surface area contributed by atoms with Gasteiger partial charge in [0.15, 0.2) is 0 Å². The van der Waals surface area contributed by atoms with Crippen LogP contribution in [0.1, 0.15) is 57.9 Å². The van der Waals surface area contributed by atoms with Crippen molar-refractivity contribution in [2.75, 3.05) is 26.2 Å². The van der Waals surface area contributed by atoms with Crippen molar-refractivity contribution in [3.8, 4) is 5.75 Å². The van der Waals surface area contributed by atoms with Crippen molar-refractivity contribution in [2.24, 2.45) is 0 Å². The predicted molar refractivity (Wildman–Crippen MR) is 91.3 cm³/mol. The minimum absolute atomic E-state index is 0.674. The van der Waals surface area contributed by atoms with Gasteiger partial charge in [-0.1, -0.05) is 31.9 Å². The van der Waals surface area contributed by atoms with Crippen LogP contribution in [-0.2, 0) is 5.60 Å². The van der Waals surface area contributed by atoms with Gasteiger partial charge in [0.2, 0.25) is 0 Å². The Morgan fingerprint density at radius 2 is 1.73 bits per heavy atom. The van der Waals surface area contributed by atoms with E-state index in [9.17, 15) is 5.11 Å². The van der Waals surface area contributed by atoms with E-state index in [0.29, 0.717) is 6.61 Å². The van der Waals surface area contributed by atoms with Crippen LogP contribution in [0.3, 0.4) is 0 Å². The van der Waals surface area contributed by atoms with Gasteiger partial charge in [0.25, 0.3) is 0 Å². The average Bonchev–Trinajstić information content (AvgIpc) is 2.55. The van der Waals surface area contributed by atoms with Gasteiger partial charge in [-0.25, -0.2) is 0 Å². The van der Waals surface area contributed by atoms with Crippen LogP contribution in [0.4, 0.5) is 0 Å². The molecule has 1 aromatic carbocycles.